The largest absolute Gasteiger partial charge is 0.338 e. The zero-order chi connectivity index (χ0) is 23.7. The average molecular weight is 399 g/mol. The first-order valence-electron chi connectivity index (χ1n) is 11.1. The van der Waals surface area contributed by atoms with Gasteiger partial charge in [-0.05, 0) is 56.2 Å². The monoisotopic (exact) mass is 398 g/mol. The molecule has 144 valence electrons. The highest BCUT2D eigenvalue weighted by atomic mass is 35.5. The van der Waals surface area contributed by atoms with Gasteiger partial charge in [-0.15, -0.1) is 0 Å². The van der Waals surface area contributed by atoms with Crippen LogP contribution in [0.1, 0.15) is 54.2 Å². The highest BCUT2D eigenvalue weighted by molar-refractivity contribution is 6.31. The number of piperidine rings is 1. The number of likely N-dealkylation sites (tertiary alicyclic amines) is 1. The van der Waals surface area contributed by atoms with Gasteiger partial charge in [-0.3, -0.25) is 4.79 Å². The van der Waals surface area contributed by atoms with E-state index in [4.69, 9.17) is 18.5 Å². The van der Waals surface area contributed by atoms with Gasteiger partial charge < -0.3 is 4.90 Å². The third-order valence-electron chi connectivity index (χ3n) is 4.51. The van der Waals surface area contributed by atoms with Gasteiger partial charge in [0, 0.05) is 44.3 Å². The standard InChI is InChI=1S/C20H22ClF2N3O/c1-14-12-24-18(25-13-14)3-2-6-20(23)7-9-26(10-8-20)19(27)15-4-5-17(22)16(21)11-15/h4-5,11-13H,2-3,6-10H2,1H3/i1D3,6D2. The van der Waals surface area contributed by atoms with E-state index in [2.05, 4.69) is 9.97 Å². The minimum Gasteiger partial charge on any atom is -0.338 e. The van der Waals surface area contributed by atoms with Gasteiger partial charge in [0.05, 0.1) is 5.02 Å². The first-order valence-corrected chi connectivity index (χ1v) is 8.95. The van der Waals surface area contributed by atoms with Crippen LogP contribution in [-0.2, 0) is 6.42 Å². The van der Waals surface area contributed by atoms with Crippen LogP contribution in [0.2, 0.25) is 5.02 Å². The lowest BCUT2D eigenvalue weighted by Crippen LogP contribution is -2.44. The first-order chi connectivity index (χ1) is 14.8. The quantitative estimate of drug-likeness (QED) is 0.742. The van der Waals surface area contributed by atoms with Gasteiger partial charge in [0.1, 0.15) is 17.3 Å². The molecule has 0 saturated carbocycles. The molecule has 4 nitrogen and oxygen atoms in total. The van der Waals surface area contributed by atoms with Crippen LogP contribution in [0.4, 0.5) is 8.78 Å². The second-order valence-corrected chi connectivity index (χ2v) is 6.86. The van der Waals surface area contributed by atoms with Gasteiger partial charge in [0.2, 0.25) is 0 Å². The van der Waals surface area contributed by atoms with E-state index >= 15 is 4.39 Å². The topological polar surface area (TPSA) is 46.1 Å². The number of nitrogens with zero attached hydrogens (tertiary/aromatic N) is 3. The summed E-state index contributed by atoms with van der Waals surface area (Å²) < 4.78 is 67.4. The molecule has 0 spiro atoms. The molecule has 0 unspecified atom stereocenters. The van der Waals surface area contributed by atoms with E-state index in [1.54, 1.807) is 0 Å². The van der Waals surface area contributed by atoms with Crippen molar-refractivity contribution in [2.75, 3.05) is 13.1 Å². The van der Waals surface area contributed by atoms with Crippen LogP contribution < -0.4 is 0 Å². The van der Waals surface area contributed by atoms with E-state index in [9.17, 15) is 9.18 Å². The fourth-order valence-corrected chi connectivity index (χ4v) is 3.12. The molecule has 2 aromatic rings. The SMILES string of the molecule is [2H]C([2H])([2H])c1cnc(CCC([2H])([2H])C2(F)CCN(C(=O)c3ccc(F)c(Cl)c3)CC2)nc1. The molecule has 0 N–H and O–H groups in total. The number of benzene rings is 1. The predicted octanol–water partition coefficient (Wildman–Crippen LogP) is 4.54. The Kier molecular flexibility index (Phi) is 4.30. The Labute approximate surface area is 169 Å². The average Bonchev–Trinajstić information content (AvgIpc) is 2.74. The van der Waals surface area contributed by atoms with E-state index in [0.717, 1.165) is 6.07 Å². The number of aryl methyl sites for hydroxylation is 2. The maximum absolute atomic E-state index is 15.5. The van der Waals surface area contributed by atoms with Crippen molar-refractivity contribution in [3.05, 3.63) is 58.4 Å². The van der Waals surface area contributed by atoms with Gasteiger partial charge in [-0.1, -0.05) is 11.6 Å². The van der Waals surface area contributed by atoms with E-state index in [0.29, 0.717) is 0 Å². The Balaban J connectivity index is 1.60. The number of alkyl halides is 1. The molecule has 1 aliphatic rings. The number of hydrogen-bond acceptors (Lipinski definition) is 3. The number of hydrogen-bond donors (Lipinski definition) is 0. The summed E-state index contributed by atoms with van der Waals surface area (Å²) in [7, 11) is 0. The summed E-state index contributed by atoms with van der Waals surface area (Å²) in [4.78, 5) is 21.9. The molecule has 0 aliphatic carbocycles. The lowest BCUT2D eigenvalue weighted by molar-refractivity contribution is 0.0389. The zero-order valence-corrected chi connectivity index (χ0v) is 15.3. The molecule has 27 heavy (non-hydrogen) atoms. The summed E-state index contributed by atoms with van der Waals surface area (Å²) >= 11 is 5.72. The molecule has 2 heterocycles. The van der Waals surface area contributed by atoms with Gasteiger partial charge in [0.25, 0.3) is 5.91 Å². The van der Waals surface area contributed by atoms with E-state index in [1.807, 2.05) is 0 Å². The Morgan fingerprint density at radius 1 is 1.37 bits per heavy atom. The molecule has 0 bridgehead atoms. The number of halogens is 3. The fourth-order valence-electron chi connectivity index (χ4n) is 2.93. The normalized spacial score (nSPS) is 20.1. The number of carbonyl (C=O) groups is 1. The smallest absolute Gasteiger partial charge is 0.253 e. The zero-order valence-electron chi connectivity index (χ0n) is 19.5. The van der Waals surface area contributed by atoms with Gasteiger partial charge in [0.15, 0.2) is 0 Å². The van der Waals surface area contributed by atoms with E-state index in [-0.39, 0.29) is 60.7 Å². The molecule has 1 amide bonds. The minimum atomic E-state index is -2.33. The summed E-state index contributed by atoms with van der Waals surface area (Å²) in [6.45, 7) is -2.32. The number of amides is 1. The number of rotatable bonds is 5. The van der Waals surface area contributed by atoms with Crippen LogP contribution in [0.15, 0.2) is 30.6 Å². The maximum atomic E-state index is 15.5. The van der Waals surface area contributed by atoms with Crippen LogP contribution in [0.3, 0.4) is 0 Å². The molecule has 7 heteroatoms. The van der Waals surface area contributed by atoms with Crippen molar-refractivity contribution in [2.24, 2.45) is 0 Å². The summed E-state index contributed by atoms with van der Waals surface area (Å²) in [6, 6.07) is 3.61. The second kappa shape index (κ2) is 8.30. The van der Waals surface area contributed by atoms with Crippen molar-refractivity contribution >= 4 is 17.5 Å². The third-order valence-corrected chi connectivity index (χ3v) is 4.80. The molecule has 1 saturated heterocycles. The van der Waals surface area contributed by atoms with Gasteiger partial charge in [-0.2, -0.15) is 0 Å². The van der Waals surface area contributed by atoms with Crippen molar-refractivity contribution in [2.45, 2.75) is 44.6 Å². The second-order valence-electron chi connectivity index (χ2n) is 6.45. The van der Waals surface area contributed by atoms with Crippen LogP contribution in [0.5, 0.6) is 0 Å². The van der Waals surface area contributed by atoms with Crippen LogP contribution in [0.25, 0.3) is 0 Å². The van der Waals surface area contributed by atoms with Crippen molar-refractivity contribution < 1.29 is 20.4 Å². The lowest BCUT2D eigenvalue weighted by Gasteiger charge is -2.36. The Morgan fingerprint density at radius 3 is 2.70 bits per heavy atom. The molecule has 1 aliphatic heterocycles. The fraction of sp³-hybridized carbons (Fsp3) is 0.450. The molecule has 1 aromatic heterocycles. The van der Waals surface area contributed by atoms with Crippen molar-refractivity contribution in [1.82, 2.24) is 14.9 Å². The Bertz CT molecular complexity index is 980. The molecule has 0 atom stereocenters. The van der Waals surface area contributed by atoms with Crippen LogP contribution >= 0.6 is 11.6 Å². The molecule has 1 fully saturated rings. The Hall–Kier alpha value is -2.08. The molecule has 0 radical (unpaired) electrons. The molecule has 3 rings (SSSR count). The van der Waals surface area contributed by atoms with Crippen molar-refractivity contribution in [3.8, 4) is 0 Å². The highest BCUT2D eigenvalue weighted by Gasteiger charge is 2.35. The summed E-state index contributed by atoms with van der Waals surface area (Å²) in [5.41, 5.74) is -1.99. The van der Waals surface area contributed by atoms with E-state index in [1.165, 1.54) is 29.4 Å². The van der Waals surface area contributed by atoms with Gasteiger partial charge >= 0.3 is 0 Å². The number of aromatic nitrogens is 2. The molecule has 1 aromatic carbocycles. The minimum absolute atomic E-state index is 0.00756. The van der Waals surface area contributed by atoms with Crippen molar-refractivity contribution in [3.63, 3.8) is 0 Å². The first kappa shape index (κ1) is 14.0. The predicted molar refractivity (Wildman–Crippen MR) is 100 cm³/mol. The van der Waals surface area contributed by atoms with Crippen molar-refractivity contribution in [1.29, 1.82) is 0 Å². The maximum Gasteiger partial charge on any atom is 0.253 e. The summed E-state index contributed by atoms with van der Waals surface area (Å²) in [5.74, 6) is -0.835. The van der Waals surface area contributed by atoms with Crippen LogP contribution in [-0.4, -0.2) is 39.5 Å². The summed E-state index contributed by atoms with van der Waals surface area (Å²) in [6.07, 6.45) is -0.412. The molecular weight excluding hydrogens is 372 g/mol. The van der Waals surface area contributed by atoms with E-state index < -0.39 is 30.6 Å². The Morgan fingerprint density at radius 2 is 2.07 bits per heavy atom. The van der Waals surface area contributed by atoms with Crippen LogP contribution in [0, 0.1) is 12.7 Å². The third kappa shape index (κ3) is 5.01. The number of carbonyl (C=O) groups excluding carboxylic acids is 1. The van der Waals surface area contributed by atoms with Gasteiger partial charge in [-0.25, -0.2) is 18.7 Å². The molecular formula is C20H22ClF2N3O. The lowest BCUT2D eigenvalue weighted by atomic mass is 9.88. The highest BCUT2D eigenvalue weighted by Crippen LogP contribution is 2.32. The summed E-state index contributed by atoms with van der Waals surface area (Å²) in [5, 5.41) is -0.182.